The Morgan fingerprint density at radius 2 is 1.54 bits per heavy atom. The number of amides is 1. The normalized spacial score (nSPS) is 28.8. The Kier molecular flexibility index (Phi) is 6.89. The number of fused-ring (bicyclic) bond motifs is 2. The number of alkyl halides is 4. The second-order valence-electron chi connectivity index (χ2n) is 8.12. The number of nitrogens with one attached hydrogen (secondary N) is 1. The summed E-state index contributed by atoms with van der Waals surface area (Å²) in [6.45, 7) is 1.92. The van der Waals surface area contributed by atoms with Gasteiger partial charge in [0.25, 0.3) is 0 Å². The lowest BCUT2D eigenvalue weighted by atomic mass is 9.81. The highest BCUT2D eigenvalue weighted by molar-refractivity contribution is 7.15. The number of aryl methyl sites for hydroxylation is 1. The van der Waals surface area contributed by atoms with E-state index in [1.165, 1.54) is 7.11 Å². The minimum absolute atomic E-state index is 0.0802. The maximum absolute atomic E-state index is 13.6. The number of allylic oxidation sites excluding steroid dienone is 2. The SMILES string of the molecule is COC(=O)c1c(-c2ccc(C)cc2)csc1NC(=O)[C@@H]1[C@@H](C(=O)O)[C@@]2(Cl)C(Cl)=C(Cl)[C@@]1(Cl)C2(Cl)Cl. The van der Waals surface area contributed by atoms with E-state index >= 15 is 0 Å². The molecule has 4 atom stereocenters. The zero-order valence-corrected chi connectivity index (χ0v) is 23.1. The average Bonchev–Trinajstić information content (AvgIpc) is 3.30. The van der Waals surface area contributed by atoms with Crippen molar-refractivity contribution in [1.82, 2.24) is 0 Å². The van der Waals surface area contributed by atoms with Crippen molar-refractivity contribution in [1.29, 1.82) is 0 Å². The van der Waals surface area contributed by atoms with E-state index < -0.39 is 43.8 Å². The van der Waals surface area contributed by atoms with Crippen LogP contribution in [0, 0.1) is 18.8 Å². The third kappa shape index (κ3) is 3.54. The number of thiophene rings is 1. The summed E-state index contributed by atoms with van der Waals surface area (Å²) in [5.41, 5.74) is 2.32. The van der Waals surface area contributed by atoms with Gasteiger partial charge in [0.15, 0.2) is 4.33 Å². The van der Waals surface area contributed by atoms with Crippen molar-refractivity contribution in [2.75, 3.05) is 12.4 Å². The number of methoxy groups -OCH3 is 1. The first-order valence-electron chi connectivity index (χ1n) is 9.87. The number of rotatable bonds is 5. The fourth-order valence-corrected chi connectivity index (χ4v) is 8.41. The summed E-state index contributed by atoms with van der Waals surface area (Å²) in [7, 11) is 1.20. The summed E-state index contributed by atoms with van der Waals surface area (Å²) >= 11 is 39.8. The van der Waals surface area contributed by atoms with Gasteiger partial charge in [0.05, 0.1) is 29.0 Å². The summed E-state index contributed by atoms with van der Waals surface area (Å²) in [4.78, 5) is 34.2. The molecule has 1 saturated carbocycles. The van der Waals surface area contributed by atoms with Crippen LogP contribution in [0.1, 0.15) is 15.9 Å². The molecule has 0 saturated heterocycles. The Hall–Kier alpha value is -1.19. The fourth-order valence-electron chi connectivity index (χ4n) is 4.52. The first-order chi connectivity index (χ1) is 16.2. The van der Waals surface area contributed by atoms with E-state index in [1.54, 1.807) is 5.38 Å². The average molecular weight is 618 g/mol. The summed E-state index contributed by atoms with van der Waals surface area (Å²) in [5.74, 6) is -6.50. The number of carbonyl (C=O) groups is 3. The third-order valence-electron chi connectivity index (χ3n) is 6.26. The van der Waals surface area contributed by atoms with E-state index in [-0.39, 0.29) is 20.6 Å². The molecule has 1 heterocycles. The molecule has 186 valence electrons. The molecule has 2 N–H and O–H groups in total. The molecule has 2 aromatic rings. The van der Waals surface area contributed by atoms with E-state index in [1.807, 2.05) is 31.2 Å². The number of halogens is 6. The Bertz CT molecular complexity index is 1290. The van der Waals surface area contributed by atoms with Crippen molar-refractivity contribution >= 4 is 104 Å². The maximum Gasteiger partial charge on any atom is 0.341 e. The lowest BCUT2D eigenvalue weighted by molar-refractivity contribution is -0.146. The van der Waals surface area contributed by atoms with Crippen molar-refractivity contribution in [3.05, 3.63) is 50.8 Å². The molecular weight excluding hydrogens is 603 g/mol. The molecule has 13 heteroatoms. The first-order valence-corrected chi connectivity index (χ1v) is 13.0. The molecule has 1 aromatic heterocycles. The Morgan fingerprint density at radius 1 is 1.00 bits per heavy atom. The van der Waals surface area contributed by atoms with Crippen molar-refractivity contribution in [3.8, 4) is 11.1 Å². The predicted molar refractivity (Wildman–Crippen MR) is 139 cm³/mol. The number of carbonyl (C=O) groups excluding carboxylic acids is 2. The highest BCUT2D eigenvalue weighted by Gasteiger charge is 2.85. The van der Waals surface area contributed by atoms with Crippen LogP contribution in [-0.2, 0) is 14.3 Å². The number of aliphatic carboxylic acids is 1. The van der Waals surface area contributed by atoms with Crippen LogP contribution in [0.15, 0.2) is 39.7 Å². The molecule has 35 heavy (non-hydrogen) atoms. The molecule has 2 bridgehead atoms. The molecule has 2 aliphatic rings. The molecule has 0 aliphatic heterocycles. The van der Waals surface area contributed by atoms with Gasteiger partial charge in [-0.1, -0.05) is 76.2 Å². The largest absolute Gasteiger partial charge is 0.481 e. The highest BCUT2D eigenvalue weighted by atomic mass is 35.5. The smallest absolute Gasteiger partial charge is 0.341 e. The Morgan fingerprint density at radius 3 is 2.06 bits per heavy atom. The molecule has 4 rings (SSSR count). The minimum atomic E-state index is -2.24. The quantitative estimate of drug-likeness (QED) is 0.291. The standard InChI is InChI=1S/C22H15Cl6NO5S/c1-8-3-5-9(6-4-8)10-7-35-17(11(10)19(33)34-2)29-16(30)12-13(18(31)32)21(26)15(24)14(23)20(12,25)22(21,27)28/h3-7,12-13H,1-2H3,(H,29,30)(H,31,32)/t12-,13-,20+,21+/m0/s1. The third-order valence-corrected chi connectivity index (χ3v) is 11.4. The van der Waals surface area contributed by atoms with Gasteiger partial charge in [-0.05, 0) is 12.5 Å². The van der Waals surface area contributed by atoms with Gasteiger partial charge in [0.2, 0.25) is 5.91 Å². The van der Waals surface area contributed by atoms with Gasteiger partial charge in [0.1, 0.15) is 20.3 Å². The second-order valence-corrected chi connectivity index (χ2v) is 12.3. The summed E-state index contributed by atoms with van der Waals surface area (Å²) in [6, 6.07) is 7.38. The van der Waals surface area contributed by atoms with Crippen LogP contribution in [-0.4, -0.2) is 44.1 Å². The number of ether oxygens (including phenoxy) is 1. The van der Waals surface area contributed by atoms with E-state index in [4.69, 9.17) is 74.3 Å². The van der Waals surface area contributed by atoms with Crippen LogP contribution >= 0.6 is 80.9 Å². The van der Waals surface area contributed by atoms with E-state index in [2.05, 4.69) is 5.32 Å². The van der Waals surface area contributed by atoms with Gasteiger partial charge < -0.3 is 15.2 Å². The van der Waals surface area contributed by atoms with Crippen molar-refractivity contribution in [2.45, 2.75) is 21.0 Å². The lowest BCUT2D eigenvalue weighted by Gasteiger charge is -2.33. The zero-order valence-electron chi connectivity index (χ0n) is 17.8. The number of benzene rings is 1. The minimum Gasteiger partial charge on any atom is -0.481 e. The van der Waals surface area contributed by atoms with Crippen molar-refractivity contribution < 1.29 is 24.2 Å². The van der Waals surface area contributed by atoms with Crippen LogP contribution in [0.2, 0.25) is 0 Å². The molecule has 2 aliphatic carbocycles. The molecular formula is C22H15Cl6NO5S. The van der Waals surface area contributed by atoms with Crippen molar-refractivity contribution in [3.63, 3.8) is 0 Å². The Labute approximate surface area is 234 Å². The molecule has 0 unspecified atom stereocenters. The number of hydrogen-bond donors (Lipinski definition) is 2. The second kappa shape index (κ2) is 8.98. The van der Waals surface area contributed by atoms with Crippen molar-refractivity contribution in [2.24, 2.45) is 11.8 Å². The summed E-state index contributed by atoms with van der Waals surface area (Å²) < 4.78 is 2.68. The highest BCUT2D eigenvalue weighted by Crippen LogP contribution is 2.76. The monoisotopic (exact) mass is 615 g/mol. The number of hydrogen-bond acceptors (Lipinski definition) is 5. The van der Waals surface area contributed by atoms with Gasteiger partial charge in [0, 0.05) is 10.9 Å². The van der Waals surface area contributed by atoms with Crippen LogP contribution < -0.4 is 5.32 Å². The predicted octanol–water partition coefficient (Wildman–Crippen LogP) is 6.61. The number of carboxylic acids is 1. The number of esters is 1. The number of carboxylic acid groups (broad SMARTS) is 1. The maximum atomic E-state index is 13.6. The summed E-state index contributed by atoms with van der Waals surface area (Å²) in [5, 5.41) is 13.6. The molecule has 1 amide bonds. The molecule has 1 fully saturated rings. The fraction of sp³-hybridized carbons (Fsp3) is 0.318. The molecule has 6 nitrogen and oxygen atoms in total. The van der Waals surface area contributed by atoms with Crippen LogP contribution in [0.5, 0.6) is 0 Å². The molecule has 0 spiro atoms. The number of anilines is 1. The van der Waals surface area contributed by atoms with Gasteiger partial charge in [-0.3, -0.25) is 9.59 Å². The molecule has 1 aromatic carbocycles. The van der Waals surface area contributed by atoms with Crippen LogP contribution in [0.4, 0.5) is 5.00 Å². The van der Waals surface area contributed by atoms with Gasteiger partial charge >= 0.3 is 11.9 Å². The van der Waals surface area contributed by atoms with E-state index in [0.29, 0.717) is 11.1 Å². The lowest BCUT2D eigenvalue weighted by Crippen LogP contribution is -2.47. The topological polar surface area (TPSA) is 92.7 Å². The van der Waals surface area contributed by atoms with Crippen LogP contribution in [0.25, 0.3) is 11.1 Å². The first kappa shape index (κ1) is 26.9. The Balaban J connectivity index is 1.80. The van der Waals surface area contributed by atoms with E-state index in [9.17, 15) is 19.5 Å². The molecule has 0 radical (unpaired) electrons. The van der Waals surface area contributed by atoms with E-state index in [0.717, 1.165) is 16.9 Å². The van der Waals surface area contributed by atoms with Gasteiger partial charge in [-0.25, -0.2) is 4.79 Å². The van der Waals surface area contributed by atoms with Gasteiger partial charge in [-0.2, -0.15) is 0 Å². The summed E-state index contributed by atoms with van der Waals surface area (Å²) in [6.07, 6.45) is 0. The van der Waals surface area contributed by atoms with Gasteiger partial charge in [-0.15, -0.1) is 34.5 Å². The zero-order chi connectivity index (χ0) is 26.1. The van der Waals surface area contributed by atoms with Crippen LogP contribution in [0.3, 0.4) is 0 Å².